The predicted molar refractivity (Wildman–Crippen MR) is 71.2 cm³/mol. The average Bonchev–Trinajstić information content (AvgIpc) is 2.26. The molecule has 0 atom stereocenters. The van der Waals surface area contributed by atoms with E-state index in [4.69, 9.17) is 0 Å². The normalized spacial score (nSPS) is 17.7. The minimum atomic E-state index is -0.279. The third kappa shape index (κ3) is 5.04. The zero-order valence-electron chi connectivity index (χ0n) is 12.0. The van der Waals surface area contributed by atoms with Gasteiger partial charge in [-0.3, -0.25) is 9.59 Å². The summed E-state index contributed by atoms with van der Waals surface area (Å²) < 4.78 is 0. The summed E-state index contributed by atoms with van der Waals surface area (Å²) in [5.41, 5.74) is -0.279. The molecular formula is C13H25N3O2. The van der Waals surface area contributed by atoms with Crippen LogP contribution in [-0.4, -0.2) is 59.9 Å². The van der Waals surface area contributed by atoms with Gasteiger partial charge in [0, 0.05) is 31.7 Å². The highest BCUT2D eigenvalue weighted by Crippen LogP contribution is 2.05. The molecule has 1 aliphatic heterocycles. The van der Waals surface area contributed by atoms with Gasteiger partial charge in [-0.25, -0.2) is 0 Å². The molecule has 0 saturated carbocycles. The lowest BCUT2D eigenvalue weighted by Gasteiger charge is -2.34. The van der Waals surface area contributed by atoms with E-state index in [1.165, 1.54) is 0 Å². The first-order chi connectivity index (χ1) is 8.31. The summed E-state index contributed by atoms with van der Waals surface area (Å²) in [5.74, 6) is -0.252. The van der Waals surface area contributed by atoms with Crippen LogP contribution in [0.4, 0.5) is 0 Å². The van der Waals surface area contributed by atoms with Crippen LogP contribution in [0.25, 0.3) is 0 Å². The summed E-state index contributed by atoms with van der Waals surface area (Å²) in [6.07, 6.45) is -0.0383. The monoisotopic (exact) mass is 255 g/mol. The molecular weight excluding hydrogens is 230 g/mol. The molecule has 2 amide bonds. The Morgan fingerprint density at radius 2 is 1.67 bits per heavy atom. The molecule has 0 aromatic heterocycles. The maximum absolute atomic E-state index is 11.9. The van der Waals surface area contributed by atoms with E-state index in [1.54, 1.807) is 4.90 Å². The Morgan fingerprint density at radius 1 is 1.11 bits per heavy atom. The van der Waals surface area contributed by atoms with Crippen LogP contribution in [0, 0.1) is 0 Å². The van der Waals surface area contributed by atoms with Gasteiger partial charge in [0.1, 0.15) is 6.42 Å². The van der Waals surface area contributed by atoms with E-state index in [9.17, 15) is 9.59 Å². The first-order valence-electron chi connectivity index (χ1n) is 6.63. The van der Waals surface area contributed by atoms with Gasteiger partial charge in [-0.2, -0.15) is 0 Å². The Labute approximate surface area is 110 Å². The van der Waals surface area contributed by atoms with E-state index in [0.717, 1.165) is 32.7 Å². The van der Waals surface area contributed by atoms with Crippen LogP contribution in [0.2, 0.25) is 0 Å². The second-order valence-electron chi connectivity index (χ2n) is 5.79. The Morgan fingerprint density at radius 3 is 2.11 bits per heavy atom. The largest absolute Gasteiger partial charge is 0.351 e. The molecule has 0 aliphatic carbocycles. The molecule has 0 aromatic rings. The molecule has 0 aromatic carbocycles. The summed E-state index contributed by atoms with van der Waals surface area (Å²) in [4.78, 5) is 27.7. The van der Waals surface area contributed by atoms with Crippen molar-refractivity contribution in [3.05, 3.63) is 0 Å². The number of nitrogens with one attached hydrogen (secondary N) is 1. The number of hydrogen-bond acceptors (Lipinski definition) is 3. The predicted octanol–water partition coefficient (Wildman–Crippen LogP) is 0.455. The molecule has 5 nitrogen and oxygen atoms in total. The van der Waals surface area contributed by atoms with Crippen LogP contribution in [0.15, 0.2) is 0 Å². The smallest absolute Gasteiger partial charge is 0.232 e. The van der Waals surface area contributed by atoms with Crippen molar-refractivity contribution in [2.45, 2.75) is 39.7 Å². The lowest BCUT2D eigenvalue weighted by Crippen LogP contribution is -2.50. The Kier molecular flexibility index (Phi) is 5.14. The summed E-state index contributed by atoms with van der Waals surface area (Å²) in [6.45, 7) is 12.2. The molecule has 1 fully saturated rings. The number of carbonyl (C=O) groups excluding carboxylic acids is 2. The number of carbonyl (C=O) groups is 2. The Balaban J connectivity index is 2.35. The number of piperazine rings is 1. The van der Waals surface area contributed by atoms with E-state index in [0.29, 0.717) is 0 Å². The summed E-state index contributed by atoms with van der Waals surface area (Å²) in [5, 5.41) is 2.81. The van der Waals surface area contributed by atoms with Gasteiger partial charge in [-0.15, -0.1) is 0 Å². The van der Waals surface area contributed by atoms with Crippen molar-refractivity contribution >= 4 is 11.8 Å². The lowest BCUT2D eigenvalue weighted by molar-refractivity contribution is -0.137. The minimum absolute atomic E-state index is 0.0383. The van der Waals surface area contributed by atoms with Gasteiger partial charge >= 0.3 is 0 Å². The van der Waals surface area contributed by atoms with Gasteiger partial charge in [0.2, 0.25) is 11.8 Å². The fraction of sp³-hybridized carbons (Fsp3) is 0.846. The summed E-state index contributed by atoms with van der Waals surface area (Å²) >= 11 is 0. The molecule has 1 heterocycles. The van der Waals surface area contributed by atoms with Crippen LogP contribution in [0.5, 0.6) is 0 Å². The van der Waals surface area contributed by atoms with Crippen molar-refractivity contribution in [2.24, 2.45) is 0 Å². The van der Waals surface area contributed by atoms with Crippen molar-refractivity contribution in [2.75, 3.05) is 32.7 Å². The maximum Gasteiger partial charge on any atom is 0.232 e. The van der Waals surface area contributed by atoms with E-state index >= 15 is 0 Å². The summed E-state index contributed by atoms with van der Waals surface area (Å²) in [7, 11) is 0. The molecule has 104 valence electrons. The Hall–Kier alpha value is -1.10. The molecule has 0 radical (unpaired) electrons. The lowest BCUT2D eigenvalue weighted by atomic mass is 10.1. The number of rotatable bonds is 3. The van der Waals surface area contributed by atoms with Crippen molar-refractivity contribution in [3.63, 3.8) is 0 Å². The second kappa shape index (κ2) is 6.18. The van der Waals surface area contributed by atoms with Gasteiger partial charge < -0.3 is 15.1 Å². The number of nitrogens with zero attached hydrogens (tertiary/aromatic N) is 2. The summed E-state index contributed by atoms with van der Waals surface area (Å²) in [6, 6.07) is 0. The number of likely N-dealkylation sites (N-methyl/N-ethyl adjacent to an activating group) is 1. The first kappa shape index (κ1) is 15.0. The molecule has 1 rings (SSSR count). The highest BCUT2D eigenvalue weighted by atomic mass is 16.2. The Bertz CT molecular complexity index is 302. The third-order valence-corrected chi connectivity index (χ3v) is 3.00. The molecule has 1 aliphatic rings. The van der Waals surface area contributed by atoms with Crippen LogP contribution in [0.1, 0.15) is 34.1 Å². The molecule has 0 bridgehead atoms. The fourth-order valence-corrected chi connectivity index (χ4v) is 2.03. The van der Waals surface area contributed by atoms with Gasteiger partial charge in [0.15, 0.2) is 0 Å². The third-order valence-electron chi connectivity index (χ3n) is 3.00. The fourth-order valence-electron chi connectivity index (χ4n) is 2.03. The maximum atomic E-state index is 11.9. The second-order valence-corrected chi connectivity index (χ2v) is 5.79. The highest BCUT2D eigenvalue weighted by molar-refractivity contribution is 5.97. The van der Waals surface area contributed by atoms with Gasteiger partial charge in [0.05, 0.1) is 0 Å². The highest BCUT2D eigenvalue weighted by Gasteiger charge is 2.23. The standard InChI is InChI=1S/C13H25N3O2/c1-5-15-6-8-16(9-7-15)12(18)10-11(17)14-13(2,3)4/h5-10H2,1-4H3,(H,14,17). The molecule has 1 N–H and O–H groups in total. The van der Waals surface area contributed by atoms with E-state index in [2.05, 4.69) is 17.1 Å². The zero-order chi connectivity index (χ0) is 13.8. The first-order valence-corrected chi connectivity index (χ1v) is 6.63. The molecule has 18 heavy (non-hydrogen) atoms. The van der Waals surface area contributed by atoms with Gasteiger partial charge in [-0.1, -0.05) is 6.92 Å². The van der Waals surface area contributed by atoms with Crippen molar-refractivity contribution in [3.8, 4) is 0 Å². The van der Waals surface area contributed by atoms with Crippen molar-refractivity contribution in [1.82, 2.24) is 15.1 Å². The molecule has 0 spiro atoms. The molecule has 1 saturated heterocycles. The molecule has 5 heteroatoms. The topological polar surface area (TPSA) is 52.7 Å². The number of hydrogen-bond donors (Lipinski definition) is 1. The van der Waals surface area contributed by atoms with Crippen LogP contribution >= 0.6 is 0 Å². The van der Waals surface area contributed by atoms with Crippen LogP contribution in [-0.2, 0) is 9.59 Å². The molecule has 0 unspecified atom stereocenters. The van der Waals surface area contributed by atoms with Crippen LogP contribution in [0.3, 0.4) is 0 Å². The zero-order valence-corrected chi connectivity index (χ0v) is 12.0. The van der Waals surface area contributed by atoms with Crippen molar-refractivity contribution in [1.29, 1.82) is 0 Å². The van der Waals surface area contributed by atoms with Gasteiger partial charge in [-0.05, 0) is 27.3 Å². The van der Waals surface area contributed by atoms with E-state index in [-0.39, 0.29) is 23.8 Å². The SMILES string of the molecule is CCN1CCN(C(=O)CC(=O)NC(C)(C)C)CC1. The number of amides is 2. The van der Waals surface area contributed by atoms with Gasteiger partial charge in [0.25, 0.3) is 0 Å². The van der Waals surface area contributed by atoms with E-state index in [1.807, 2.05) is 20.8 Å². The quantitative estimate of drug-likeness (QED) is 0.745. The van der Waals surface area contributed by atoms with E-state index < -0.39 is 0 Å². The van der Waals surface area contributed by atoms with Crippen LogP contribution < -0.4 is 5.32 Å². The van der Waals surface area contributed by atoms with Crippen molar-refractivity contribution < 1.29 is 9.59 Å². The average molecular weight is 255 g/mol. The minimum Gasteiger partial charge on any atom is -0.351 e.